The Hall–Kier alpha value is -2.37. The van der Waals surface area contributed by atoms with E-state index >= 15 is 0 Å². The lowest BCUT2D eigenvalue weighted by atomic mass is 10.2. The number of hydrogen-bond donors (Lipinski definition) is 2. The number of aromatic hydroxyl groups is 2. The van der Waals surface area contributed by atoms with E-state index in [-0.39, 0.29) is 5.56 Å². The molecule has 0 radical (unpaired) electrons. The van der Waals surface area contributed by atoms with Crippen molar-refractivity contribution in [3.8, 4) is 11.5 Å². The number of ether oxygens (including phenoxy) is 1. The maximum atomic E-state index is 11.1. The first-order chi connectivity index (χ1) is 7.00. The zero-order chi connectivity index (χ0) is 11.2. The summed E-state index contributed by atoms with van der Waals surface area (Å²) in [5, 5.41) is 18.4. The van der Waals surface area contributed by atoms with E-state index in [1.807, 2.05) is 0 Å². The summed E-state index contributed by atoms with van der Waals surface area (Å²) in [5.74, 6) is -3.47. The van der Waals surface area contributed by atoms with Crippen LogP contribution >= 0.6 is 0 Å². The molecule has 1 heterocycles. The van der Waals surface area contributed by atoms with Crippen LogP contribution in [0.25, 0.3) is 0 Å². The summed E-state index contributed by atoms with van der Waals surface area (Å²) in [6.07, 6.45) is 0. The minimum atomic E-state index is -1.04. The fourth-order valence-corrected chi connectivity index (χ4v) is 1.25. The molecule has 0 bridgehead atoms. The third-order valence-corrected chi connectivity index (χ3v) is 1.94. The zero-order valence-corrected chi connectivity index (χ0v) is 7.18. The Morgan fingerprint density at radius 2 is 1.60 bits per heavy atom. The Balaban J connectivity index is 2.93. The SMILES string of the molecule is O=C1OC(=O)c2c(O)cc(O)c(=O)cc21. The van der Waals surface area contributed by atoms with Crippen LogP contribution in [0.5, 0.6) is 11.5 Å². The van der Waals surface area contributed by atoms with Gasteiger partial charge in [0, 0.05) is 12.1 Å². The van der Waals surface area contributed by atoms with Crippen LogP contribution < -0.4 is 5.43 Å². The molecule has 0 saturated carbocycles. The molecule has 1 aliphatic rings. The summed E-state index contributed by atoms with van der Waals surface area (Å²) in [7, 11) is 0. The molecule has 2 rings (SSSR count). The topological polar surface area (TPSA) is 101 Å². The minimum Gasteiger partial charge on any atom is -0.507 e. The summed E-state index contributed by atoms with van der Waals surface area (Å²) in [6.45, 7) is 0. The molecule has 1 aromatic carbocycles. The third kappa shape index (κ3) is 1.23. The molecule has 6 heteroatoms. The Morgan fingerprint density at radius 1 is 0.933 bits per heavy atom. The summed E-state index contributed by atoms with van der Waals surface area (Å²) >= 11 is 0. The van der Waals surface area contributed by atoms with Crippen LogP contribution in [0.4, 0.5) is 0 Å². The Bertz CT molecular complexity index is 545. The van der Waals surface area contributed by atoms with Crippen molar-refractivity contribution in [3.63, 3.8) is 0 Å². The van der Waals surface area contributed by atoms with Crippen molar-refractivity contribution in [2.75, 3.05) is 0 Å². The van der Waals surface area contributed by atoms with Gasteiger partial charge >= 0.3 is 11.9 Å². The summed E-state index contributed by atoms with van der Waals surface area (Å²) in [4.78, 5) is 33.2. The van der Waals surface area contributed by atoms with Gasteiger partial charge in [0.1, 0.15) is 11.3 Å². The molecule has 0 fully saturated rings. The molecular weight excluding hydrogens is 204 g/mol. The van der Waals surface area contributed by atoms with E-state index in [0.717, 1.165) is 6.07 Å². The van der Waals surface area contributed by atoms with E-state index < -0.39 is 34.4 Å². The van der Waals surface area contributed by atoms with Crippen molar-refractivity contribution in [2.24, 2.45) is 0 Å². The van der Waals surface area contributed by atoms with Gasteiger partial charge in [0.05, 0.1) is 5.56 Å². The molecule has 0 spiro atoms. The number of rotatable bonds is 0. The number of esters is 2. The third-order valence-electron chi connectivity index (χ3n) is 1.94. The van der Waals surface area contributed by atoms with Crippen LogP contribution in [-0.4, -0.2) is 22.2 Å². The highest BCUT2D eigenvalue weighted by Gasteiger charge is 2.32. The summed E-state index contributed by atoms with van der Waals surface area (Å²) < 4.78 is 4.19. The molecule has 15 heavy (non-hydrogen) atoms. The molecule has 1 aromatic rings. The predicted molar refractivity (Wildman–Crippen MR) is 45.8 cm³/mol. The highest BCUT2D eigenvalue weighted by Crippen LogP contribution is 2.27. The van der Waals surface area contributed by atoms with Gasteiger partial charge in [-0.25, -0.2) is 9.59 Å². The van der Waals surface area contributed by atoms with Crippen molar-refractivity contribution < 1.29 is 24.5 Å². The second-order valence-electron chi connectivity index (χ2n) is 2.89. The lowest BCUT2D eigenvalue weighted by molar-refractivity contribution is 0.0443. The number of carbonyl (C=O) groups excluding carboxylic acids is 2. The average Bonchev–Trinajstić information content (AvgIpc) is 2.34. The first-order valence-corrected chi connectivity index (χ1v) is 3.87. The molecule has 2 N–H and O–H groups in total. The lowest BCUT2D eigenvalue weighted by Crippen LogP contribution is -2.00. The second kappa shape index (κ2) is 2.81. The second-order valence-corrected chi connectivity index (χ2v) is 2.89. The van der Waals surface area contributed by atoms with E-state index in [2.05, 4.69) is 4.74 Å². The molecular formula is C9H4O6. The van der Waals surface area contributed by atoms with E-state index in [1.165, 1.54) is 0 Å². The van der Waals surface area contributed by atoms with Gasteiger partial charge in [0.25, 0.3) is 0 Å². The fraction of sp³-hybridized carbons (Fsp3) is 0. The number of hydrogen-bond acceptors (Lipinski definition) is 6. The first kappa shape index (κ1) is 9.20. The standard InChI is InChI=1S/C9H4O6/c10-4-1-3-7(6(12)2-5(4)11)9(14)15-8(3)13/h1-2,12H,(H,10,11). The Morgan fingerprint density at radius 3 is 2.27 bits per heavy atom. The van der Waals surface area contributed by atoms with Gasteiger partial charge in [0.2, 0.25) is 5.43 Å². The van der Waals surface area contributed by atoms with Gasteiger partial charge < -0.3 is 14.9 Å². The molecule has 0 aromatic heterocycles. The van der Waals surface area contributed by atoms with Crippen molar-refractivity contribution in [1.82, 2.24) is 0 Å². The van der Waals surface area contributed by atoms with Crippen molar-refractivity contribution >= 4 is 11.9 Å². The monoisotopic (exact) mass is 208 g/mol. The van der Waals surface area contributed by atoms with Crippen LogP contribution in [0.2, 0.25) is 0 Å². The van der Waals surface area contributed by atoms with Crippen LogP contribution in [0.3, 0.4) is 0 Å². The minimum absolute atomic E-state index is 0.345. The van der Waals surface area contributed by atoms with Crippen molar-refractivity contribution in [1.29, 1.82) is 0 Å². The quantitative estimate of drug-likeness (QED) is 0.451. The molecule has 0 aliphatic carbocycles. The number of carbonyl (C=O) groups is 2. The van der Waals surface area contributed by atoms with Gasteiger partial charge in [-0.1, -0.05) is 0 Å². The van der Waals surface area contributed by atoms with Gasteiger partial charge in [0.15, 0.2) is 5.75 Å². The van der Waals surface area contributed by atoms with E-state index in [9.17, 15) is 19.5 Å². The molecule has 0 unspecified atom stereocenters. The van der Waals surface area contributed by atoms with E-state index in [1.54, 1.807) is 0 Å². The normalized spacial score (nSPS) is 13.6. The smallest absolute Gasteiger partial charge is 0.350 e. The molecule has 0 saturated heterocycles. The number of fused-ring (bicyclic) bond motifs is 1. The van der Waals surface area contributed by atoms with E-state index in [4.69, 9.17) is 5.11 Å². The fourth-order valence-electron chi connectivity index (χ4n) is 1.25. The van der Waals surface area contributed by atoms with Gasteiger partial charge in [-0.15, -0.1) is 0 Å². The van der Waals surface area contributed by atoms with E-state index in [0.29, 0.717) is 6.07 Å². The Labute approximate surface area is 82.4 Å². The van der Waals surface area contributed by atoms with Crippen LogP contribution in [-0.2, 0) is 4.74 Å². The van der Waals surface area contributed by atoms with Crippen molar-refractivity contribution in [3.05, 3.63) is 33.5 Å². The Kier molecular flexibility index (Phi) is 1.72. The molecule has 1 aliphatic heterocycles. The lowest BCUT2D eigenvalue weighted by Gasteiger charge is -1.89. The van der Waals surface area contributed by atoms with Crippen LogP contribution in [0.15, 0.2) is 16.9 Å². The van der Waals surface area contributed by atoms with Crippen LogP contribution in [0, 0.1) is 0 Å². The molecule has 0 amide bonds. The molecule has 6 nitrogen and oxygen atoms in total. The largest absolute Gasteiger partial charge is 0.507 e. The number of cyclic esters (lactones) is 2. The highest BCUT2D eigenvalue weighted by molar-refractivity contribution is 6.15. The molecule has 0 atom stereocenters. The summed E-state index contributed by atoms with van der Waals surface area (Å²) in [5.41, 5.74) is -1.63. The maximum Gasteiger partial charge on any atom is 0.350 e. The summed E-state index contributed by atoms with van der Waals surface area (Å²) in [6, 6.07) is 1.44. The van der Waals surface area contributed by atoms with Crippen LogP contribution in [0.1, 0.15) is 20.7 Å². The average molecular weight is 208 g/mol. The predicted octanol–water partition coefficient (Wildman–Crippen LogP) is -0.231. The molecule has 76 valence electrons. The maximum absolute atomic E-state index is 11.1. The highest BCUT2D eigenvalue weighted by atomic mass is 16.6. The van der Waals surface area contributed by atoms with Gasteiger partial charge in [-0.3, -0.25) is 4.79 Å². The zero-order valence-electron chi connectivity index (χ0n) is 7.18. The van der Waals surface area contributed by atoms with Crippen molar-refractivity contribution in [2.45, 2.75) is 0 Å². The van der Waals surface area contributed by atoms with Gasteiger partial charge in [-0.05, 0) is 0 Å². The first-order valence-electron chi connectivity index (χ1n) is 3.87. The van der Waals surface area contributed by atoms with Gasteiger partial charge in [-0.2, -0.15) is 0 Å².